The molecule has 2 heterocycles. The maximum atomic E-state index is 13.3. The lowest BCUT2D eigenvalue weighted by atomic mass is 10.1. The van der Waals surface area contributed by atoms with Crippen molar-refractivity contribution in [1.29, 1.82) is 0 Å². The standard InChI is InChI=1S/C25H26F3N7O3/c1-29-23(36)21-15-19(7-8-31-21)38-18-4-2-3-17(14-18)33-34-24(37)32-20-13-16(25(26,27)28)5-6-22(20)35-11-9-30-10-12-35/h2-8,13-15,30,33H,9-12H2,1H3,(H,29,36)(H2,32,34,37). The van der Waals surface area contributed by atoms with E-state index in [1.807, 2.05) is 4.90 Å². The van der Waals surface area contributed by atoms with Gasteiger partial charge in [0.15, 0.2) is 0 Å². The molecule has 0 spiro atoms. The fourth-order valence-electron chi connectivity index (χ4n) is 3.78. The summed E-state index contributed by atoms with van der Waals surface area (Å²) >= 11 is 0. The van der Waals surface area contributed by atoms with Gasteiger partial charge in [-0.25, -0.2) is 4.79 Å². The van der Waals surface area contributed by atoms with Gasteiger partial charge in [0.1, 0.15) is 17.2 Å². The second-order valence-electron chi connectivity index (χ2n) is 8.26. The topological polar surface area (TPSA) is 120 Å². The first kappa shape index (κ1) is 26.5. The number of carbonyl (C=O) groups is 2. The van der Waals surface area contributed by atoms with Gasteiger partial charge in [-0.05, 0) is 36.4 Å². The number of halogens is 3. The third-order valence-corrected chi connectivity index (χ3v) is 5.61. The van der Waals surface area contributed by atoms with E-state index in [9.17, 15) is 22.8 Å². The molecule has 2 aromatic carbocycles. The highest BCUT2D eigenvalue weighted by Gasteiger charge is 2.32. The predicted molar refractivity (Wildman–Crippen MR) is 136 cm³/mol. The molecule has 0 atom stereocenters. The zero-order chi connectivity index (χ0) is 27.1. The van der Waals surface area contributed by atoms with Crippen LogP contribution in [0.3, 0.4) is 0 Å². The molecule has 200 valence electrons. The van der Waals surface area contributed by atoms with Gasteiger partial charge >= 0.3 is 12.2 Å². The number of anilines is 3. The quantitative estimate of drug-likeness (QED) is 0.295. The molecule has 10 nitrogen and oxygen atoms in total. The molecule has 0 unspecified atom stereocenters. The van der Waals surface area contributed by atoms with E-state index in [2.05, 4.69) is 31.8 Å². The van der Waals surface area contributed by atoms with Crippen LogP contribution in [0.25, 0.3) is 0 Å². The first-order valence-corrected chi connectivity index (χ1v) is 11.7. The number of piperazine rings is 1. The Morgan fingerprint density at radius 1 is 1.03 bits per heavy atom. The zero-order valence-corrected chi connectivity index (χ0v) is 20.4. The van der Waals surface area contributed by atoms with E-state index in [1.165, 1.54) is 25.4 Å². The van der Waals surface area contributed by atoms with Crippen molar-refractivity contribution >= 4 is 29.0 Å². The molecule has 1 aliphatic rings. The maximum Gasteiger partial charge on any atom is 0.416 e. The third kappa shape index (κ3) is 6.82. The summed E-state index contributed by atoms with van der Waals surface area (Å²) < 4.78 is 45.7. The number of amides is 3. The van der Waals surface area contributed by atoms with E-state index < -0.39 is 17.8 Å². The number of urea groups is 1. The molecule has 13 heteroatoms. The average molecular weight is 530 g/mol. The number of hydrogen-bond acceptors (Lipinski definition) is 7. The van der Waals surface area contributed by atoms with Crippen molar-refractivity contribution in [1.82, 2.24) is 21.0 Å². The fourth-order valence-corrected chi connectivity index (χ4v) is 3.78. The van der Waals surface area contributed by atoms with E-state index in [0.717, 1.165) is 12.1 Å². The number of carbonyl (C=O) groups excluding carboxylic acids is 2. The second-order valence-corrected chi connectivity index (χ2v) is 8.26. The minimum atomic E-state index is -4.55. The highest BCUT2D eigenvalue weighted by molar-refractivity contribution is 5.94. The van der Waals surface area contributed by atoms with Crippen LogP contribution in [0.1, 0.15) is 16.1 Å². The highest BCUT2D eigenvalue weighted by Crippen LogP contribution is 2.35. The molecule has 1 aliphatic heterocycles. The second kappa shape index (κ2) is 11.7. The number of benzene rings is 2. The molecule has 4 rings (SSSR count). The SMILES string of the molecule is CNC(=O)c1cc(Oc2cccc(NNC(=O)Nc3cc(C(F)(F)F)ccc3N3CCNCC3)c2)ccn1. The highest BCUT2D eigenvalue weighted by atomic mass is 19.4. The molecule has 1 aromatic heterocycles. The van der Waals surface area contributed by atoms with E-state index in [-0.39, 0.29) is 17.3 Å². The number of nitrogens with zero attached hydrogens (tertiary/aromatic N) is 2. The van der Waals surface area contributed by atoms with E-state index >= 15 is 0 Å². The first-order chi connectivity index (χ1) is 18.2. The minimum Gasteiger partial charge on any atom is -0.457 e. The van der Waals surface area contributed by atoms with E-state index in [0.29, 0.717) is 49.1 Å². The Labute approximate surface area is 216 Å². The van der Waals surface area contributed by atoms with E-state index in [4.69, 9.17) is 4.74 Å². The van der Waals surface area contributed by atoms with Crippen LogP contribution in [0.5, 0.6) is 11.5 Å². The van der Waals surface area contributed by atoms with Crippen molar-refractivity contribution in [2.24, 2.45) is 0 Å². The van der Waals surface area contributed by atoms with Crippen LogP contribution in [0.4, 0.5) is 35.0 Å². The van der Waals surface area contributed by atoms with Gasteiger partial charge in [0.25, 0.3) is 5.91 Å². The minimum absolute atomic E-state index is 0.0442. The number of hydrazine groups is 1. The molecule has 0 aliphatic carbocycles. The Hall–Kier alpha value is -4.52. The van der Waals surface area contributed by atoms with Gasteiger partial charge in [-0.2, -0.15) is 13.2 Å². The Bertz CT molecular complexity index is 1300. The average Bonchev–Trinajstić information content (AvgIpc) is 2.92. The van der Waals surface area contributed by atoms with Gasteiger partial charge in [0.05, 0.1) is 22.6 Å². The van der Waals surface area contributed by atoms with Gasteiger partial charge < -0.3 is 25.6 Å². The summed E-state index contributed by atoms with van der Waals surface area (Å²) in [6, 6.07) is 12.2. The van der Waals surface area contributed by atoms with Gasteiger partial charge in [-0.3, -0.25) is 20.6 Å². The van der Waals surface area contributed by atoms with Crippen LogP contribution < -0.4 is 36.4 Å². The first-order valence-electron chi connectivity index (χ1n) is 11.7. The van der Waals surface area contributed by atoms with Crippen molar-refractivity contribution in [3.8, 4) is 11.5 Å². The lowest BCUT2D eigenvalue weighted by Gasteiger charge is -2.31. The van der Waals surface area contributed by atoms with Crippen molar-refractivity contribution in [2.75, 3.05) is 48.9 Å². The predicted octanol–water partition coefficient (Wildman–Crippen LogP) is 3.81. The number of rotatable bonds is 7. The van der Waals surface area contributed by atoms with Gasteiger partial charge in [-0.1, -0.05) is 6.07 Å². The van der Waals surface area contributed by atoms with Crippen LogP contribution in [-0.4, -0.2) is 50.1 Å². The van der Waals surface area contributed by atoms with Crippen LogP contribution in [0.2, 0.25) is 0 Å². The summed E-state index contributed by atoms with van der Waals surface area (Å²) in [5.74, 6) is 0.429. The number of nitrogens with one attached hydrogen (secondary N) is 5. The number of aromatic nitrogens is 1. The van der Waals surface area contributed by atoms with Crippen LogP contribution >= 0.6 is 0 Å². The van der Waals surface area contributed by atoms with Crippen molar-refractivity contribution in [3.05, 3.63) is 72.1 Å². The summed E-state index contributed by atoms with van der Waals surface area (Å²) in [5.41, 5.74) is 5.45. The Morgan fingerprint density at radius 3 is 2.53 bits per heavy atom. The Balaban J connectivity index is 1.42. The van der Waals surface area contributed by atoms with E-state index in [1.54, 1.807) is 30.3 Å². The number of pyridine rings is 1. The lowest BCUT2D eigenvalue weighted by Crippen LogP contribution is -2.44. The number of alkyl halides is 3. The molecule has 3 amide bonds. The van der Waals surface area contributed by atoms with Gasteiger partial charge in [-0.15, -0.1) is 0 Å². The molecular weight excluding hydrogens is 503 g/mol. The molecule has 38 heavy (non-hydrogen) atoms. The van der Waals surface area contributed by atoms with Crippen molar-refractivity contribution < 1.29 is 27.5 Å². The Morgan fingerprint density at radius 2 is 1.79 bits per heavy atom. The number of hydrogen-bond donors (Lipinski definition) is 5. The molecule has 0 saturated carbocycles. The normalized spacial score (nSPS) is 13.4. The molecule has 5 N–H and O–H groups in total. The molecule has 1 fully saturated rings. The smallest absolute Gasteiger partial charge is 0.416 e. The largest absolute Gasteiger partial charge is 0.457 e. The molecule has 1 saturated heterocycles. The summed E-state index contributed by atoms with van der Waals surface area (Å²) in [6.07, 6.45) is -3.11. The third-order valence-electron chi connectivity index (χ3n) is 5.61. The summed E-state index contributed by atoms with van der Waals surface area (Å²) in [5, 5.41) is 8.19. The van der Waals surface area contributed by atoms with Crippen LogP contribution in [-0.2, 0) is 6.18 Å². The monoisotopic (exact) mass is 529 g/mol. The van der Waals surface area contributed by atoms with Crippen molar-refractivity contribution in [2.45, 2.75) is 6.18 Å². The summed E-state index contributed by atoms with van der Waals surface area (Å²) in [6.45, 7) is 2.54. The van der Waals surface area contributed by atoms with Crippen molar-refractivity contribution in [3.63, 3.8) is 0 Å². The lowest BCUT2D eigenvalue weighted by molar-refractivity contribution is -0.137. The maximum absolute atomic E-state index is 13.3. The fraction of sp³-hybridized carbons (Fsp3) is 0.240. The summed E-state index contributed by atoms with van der Waals surface area (Å²) in [7, 11) is 1.49. The molecular formula is C25H26F3N7O3. The zero-order valence-electron chi connectivity index (χ0n) is 20.4. The molecule has 3 aromatic rings. The van der Waals surface area contributed by atoms with Gasteiger partial charge in [0, 0.05) is 51.6 Å². The number of ether oxygens (including phenoxy) is 1. The van der Waals surface area contributed by atoms with Crippen LogP contribution in [0, 0.1) is 0 Å². The van der Waals surface area contributed by atoms with Crippen LogP contribution in [0.15, 0.2) is 60.8 Å². The summed E-state index contributed by atoms with van der Waals surface area (Å²) in [4.78, 5) is 30.3. The van der Waals surface area contributed by atoms with Gasteiger partial charge in [0.2, 0.25) is 0 Å². The Kier molecular flexibility index (Phi) is 8.16. The molecule has 0 bridgehead atoms. The molecule has 0 radical (unpaired) electrons.